The minimum absolute atomic E-state index is 1.08. The molecule has 0 aliphatic carbocycles. The van der Waals surface area contributed by atoms with Gasteiger partial charge in [0.05, 0.1) is 16.9 Å². The molecule has 0 bridgehead atoms. The zero-order valence-corrected chi connectivity index (χ0v) is 10.9. The molecule has 2 heteroatoms. The number of hydrogen-bond donors (Lipinski definition) is 0. The molecule has 3 rings (SSSR count). The molecule has 18 heavy (non-hydrogen) atoms. The molecule has 0 fully saturated rings. The van der Waals surface area contributed by atoms with Crippen LogP contribution in [0.2, 0.25) is 0 Å². The number of aryl methyl sites for hydroxylation is 3. The minimum atomic E-state index is 1.08. The zero-order valence-electron chi connectivity index (χ0n) is 10.9. The molecule has 0 spiro atoms. The van der Waals surface area contributed by atoms with Gasteiger partial charge < -0.3 is 4.40 Å². The standard InChI is InChI=1S/C16H16N2/c1-11-13(3)18-10-15(9-16(18)12(2)17-11)14-7-5-4-6-8-14/h4-10H,1-3H3. The van der Waals surface area contributed by atoms with Gasteiger partial charge in [-0.2, -0.15) is 0 Å². The monoisotopic (exact) mass is 236 g/mol. The largest absolute Gasteiger partial charge is 0.317 e. The van der Waals surface area contributed by atoms with Crippen molar-refractivity contribution in [2.24, 2.45) is 0 Å². The zero-order chi connectivity index (χ0) is 12.7. The molecule has 0 saturated heterocycles. The first-order valence-corrected chi connectivity index (χ1v) is 6.18. The third-order valence-electron chi connectivity index (χ3n) is 3.52. The number of rotatable bonds is 1. The first-order chi connectivity index (χ1) is 8.66. The van der Waals surface area contributed by atoms with Crippen LogP contribution in [0.3, 0.4) is 0 Å². The topological polar surface area (TPSA) is 17.3 Å². The van der Waals surface area contributed by atoms with Crippen LogP contribution in [0.15, 0.2) is 42.6 Å². The summed E-state index contributed by atoms with van der Waals surface area (Å²) in [6, 6.07) is 12.7. The molecule has 0 atom stereocenters. The van der Waals surface area contributed by atoms with Gasteiger partial charge in [0, 0.05) is 17.5 Å². The van der Waals surface area contributed by atoms with Crippen molar-refractivity contribution < 1.29 is 0 Å². The van der Waals surface area contributed by atoms with Crippen molar-refractivity contribution in [3.8, 4) is 11.1 Å². The van der Waals surface area contributed by atoms with Crippen LogP contribution in [0.5, 0.6) is 0 Å². The van der Waals surface area contributed by atoms with E-state index in [4.69, 9.17) is 0 Å². The van der Waals surface area contributed by atoms with Crippen LogP contribution < -0.4 is 0 Å². The maximum atomic E-state index is 4.59. The Kier molecular flexibility index (Phi) is 2.44. The van der Waals surface area contributed by atoms with Gasteiger partial charge in [-0.1, -0.05) is 30.3 Å². The maximum absolute atomic E-state index is 4.59. The second-order valence-electron chi connectivity index (χ2n) is 4.72. The van der Waals surface area contributed by atoms with Crippen molar-refractivity contribution in [1.29, 1.82) is 0 Å². The first kappa shape index (κ1) is 11.0. The molecule has 0 radical (unpaired) electrons. The van der Waals surface area contributed by atoms with E-state index in [-0.39, 0.29) is 0 Å². The molecular formula is C16H16N2. The average Bonchev–Trinajstić information content (AvgIpc) is 2.83. The summed E-state index contributed by atoms with van der Waals surface area (Å²) in [5.74, 6) is 0. The van der Waals surface area contributed by atoms with E-state index < -0.39 is 0 Å². The van der Waals surface area contributed by atoms with Gasteiger partial charge in [0.25, 0.3) is 0 Å². The van der Waals surface area contributed by atoms with Crippen LogP contribution in [0.25, 0.3) is 16.6 Å². The highest BCUT2D eigenvalue weighted by Gasteiger charge is 2.08. The second kappa shape index (κ2) is 3.98. The van der Waals surface area contributed by atoms with Crippen LogP contribution in [-0.4, -0.2) is 9.38 Å². The minimum Gasteiger partial charge on any atom is -0.317 e. The normalized spacial score (nSPS) is 11.1. The molecule has 90 valence electrons. The third kappa shape index (κ3) is 1.61. The highest BCUT2D eigenvalue weighted by atomic mass is 14.9. The molecule has 0 aliphatic heterocycles. The van der Waals surface area contributed by atoms with Gasteiger partial charge in [0.15, 0.2) is 0 Å². The van der Waals surface area contributed by atoms with Crippen molar-refractivity contribution in [1.82, 2.24) is 9.38 Å². The number of fused-ring (bicyclic) bond motifs is 1. The lowest BCUT2D eigenvalue weighted by Gasteiger charge is -2.06. The molecular weight excluding hydrogens is 220 g/mol. The van der Waals surface area contributed by atoms with Crippen LogP contribution >= 0.6 is 0 Å². The Bertz CT molecular complexity index is 709. The van der Waals surface area contributed by atoms with Gasteiger partial charge in [-0.15, -0.1) is 0 Å². The summed E-state index contributed by atoms with van der Waals surface area (Å²) in [6.07, 6.45) is 2.20. The molecule has 3 aromatic rings. The predicted molar refractivity (Wildman–Crippen MR) is 74.8 cm³/mol. The summed E-state index contributed by atoms with van der Waals surface area (Å²) in [5, 5.41) is 0. The van der Waals surface area contributed by atoms with E-state index in [1.54, 1.807) is 0 Å². The van der Waals surface area contributed by atoms with Gasteiger partial charge >= 0.3 is 0 Å². The summed E-state index contributed by atoms with van der Waals surface area (Å²) in [6.45, 7) is 6.24. The summed E-state index contributed by atoms with van der Waals surface area (Å²) in [5.41, 5.74) is 7.07. The van der Waals surface area contributed by atoms with Crippen molar-refractivity contribution in [3.63, 3.8) is 0 Å². The lowest BCUT2D eigenvalue weighted by Crippen LogP contribution is -1.99. The van der Waals surface area contributed by atoms with Gasteiger partial charge in [-0.05, 0) is 32.4 Å². The number of benzene rings is 1. The SMILES string of the molecule is Cc1nc(C)c2cc(-c3ccccc3)cn2c1C. The van der Waals surface area contributed by atoms with Crippen LogP contribution in [0.1, 0.15) is 17.1 Å². The molecule has 0 aliphatic rings. The summed E-state index contributed by atoms with van der Waals surface area (Å²) >= 11 is 0. The average molecular weight is 236 g/mol. The van der Waals surface area contributed by atoms with Crippen molar-refractivity contribution in [2.75, 3.05) is 0 Å². The van der Waals surface area contributed by atoms with Crippen molar-refractivity contribution >= 4 is 5.52 Å². The van der Waals surface area contributed by atoms with E-state index >= 15 is 0 Å². The molecule has 2 aromatic heterocycles. The fourth-order valence-electron chi connectivity index (χ4n) is 2.37. The van der Waals surface area contributed by atoms with Gasteiger partial charge in [0.2, 0.25) is 0 Å². The molecule has 0 unspecified atom stereocenters. The quantitative estimate of drug-likeness (QED) is 0.626. The lowest BCUT2D eigenvalue weighted by molar-refractivity contribution is 0.977. The Morgan fingerprint density at radius 2 is 1.61 bits per heavy atom. The number of hydrogen-bond acceptors (Lipinski definition) is 1. The van der Waals surface area contributed by atoms with E-state index in [0.29, 0.717) is 0 Å². The summed E-state index contributed by atoms with van der Waals surface area (Å²) in [4.78, 5) is 4.59. The molecule has 1 aromatic carbocycles. The van der Waals surface area contributed by atoms with Crippen LogP contribution in [0.4, 0.5) is 0 Å². The van der Waals surface area contributed by atoms with E-state index in [1.807, 2.05) is 6.07 Å². The first-order valence-electron chi connectivity index (χ1n) is 6.18. The Morgan fingerprint density at radius 3 is 2.33 bits per heavy atom. The number of nitrogens with zero attached hydrogens (tertiary/aromatic N) is 2. The predicted octanol–water partition coefficient (Wildman–Crippen LogP) is 3.93. The number of aromatic nitrogens is 2. The summed E-state index contributed by atoms with van der Waals surface area (Å²) < 4.78 is 2.24. The van der Waals surface area contributed by atoms with E-state index in [9.17, 15) is 0 Å². The highest BCUT2D eigenvalue weighted by molar-refractivity contribution is 5.71. The summed E-state index contributed by atoms with van der Waals surface area (Å²) in [7, 11) is 0. The fraction of sp³-hybridized carbons (Fsp3) is 0.188. The van der Waals surface area contributed by atoms with Crippen LogP contribution in [-0.2, 0) is 0 Å². The van der Waals surface area contributed by atoms with Gasteiger partial charge in [-0.25, -0.2) is 0 Å². The molecule has 0 amide bonds. The Labute approximate surface area is 107 Å². The third-order valence-corrected chi connectivity index (χ3v) is 3.52. The molecule has 0 saturated carbocycles. The van der Waals surface area contributed by atoms with Crippen molar-refractivity contribution in [2.45, 2.75) is 20.8 Å². The fourth-order valence-corrected chi connectivity index (χ4v) is 2.37. The molecule has 2 heterocycles. The van der Waals surface area contributed by atoms with Crippen molar-refractivity contribution in [3.05, 3.63) is 59.7 Å². The Balaban J connectivity index is 2.29. The smallest absolute Gasteiger partial charge is 0.0672 e. The van der Waals surface area contributed by atoms with E-state index in [0.717, 1.165) is 11.4 Å². The Morgan fingerprint density at radius 1 is 0.889 bits per heavy atom. The highest BCUT2D eigenvalue weighted by Crippen LogP contribution is 2.25. The van der Waals surface area contributed by atoms with Gasteiger partial charge in [0.1, 0.15) is 0 Å². The lowest BCUT2D eigenvalue weighted by atomic mass is 10.1. The molecule has 0 N–H and O–H groups in total. The second-order valence-corrected chi connectivity index (χ2v) is 4.72. The Hall–Kier alpha value is -2.09. The van der Waals surface area contributed by atoms with Gasteiger partial charge in [-0.3, -0.25) is 4.98 Å². The molecule has 2 nitrogen and oxygen atoms in total. The maximum Gasteiger partial charge on any atom is 0.0672 e. The van der Waals surface area contributed by atoms with Crippen LogP contribution in [0, 0.1) is 20.8 Å². The van der Waals surface area contributed by atoms with E-state index in [2.05, 4.69) is 66.7 Å². The van der Waals surface area contributed by atoms with E-state index in [1.165, 1.54) is 22.3 Å².